The van der Waals surface area contributed by atoms with Gasteiger partial charge in [0.15, 0.2) is 5.65 Å². The Morgan fingerprint density at radius 2 is 2.15 bits per heavy atom. The van der Waals surface area contributed by atoms with E-state index >= 15 is 0 Å². The number of H-pyrrole nitrogens is 1. The molecule has 0 radical (unpaired) electrons. The quantitative estimate of drug-likeness (QED) is 0.386. The average molecular weight is 477 g/mol. The normalized spacial score (nSPS) is 16.0. The second-order valence-electron chi connectivity index (χ2n) is 9.42. The number of nitrogens with zero attached hydrogens (tertiary/aromatic N) is 4. The third-order valence-electron chi connectivity index (χ3n) is 6.29. The first-order valence-electron chi connectivity index (χ1n) is 10.9. The van der Waals surface area contributed by atoms with E-state index in [0.717, 1.165) is 41.2 Å². The van der Waals surface area contributed by atoms with E-state index in [2.05, 4.69) is 52.3 Å². The lowest BCUT2D eigenvalue weighted by Gasteiger charge is -2.33. The summed E-state index contributed by atoms with van der Waals surface area (Å²) in [5.74, 6) is 0.548. The van der Waals surface area contributed by atoms with E-state index in [-0.39, 0.29) is 17.1 Å². The molecule has 9 heteroatoms. The lowest BCUT2D eigenvalue weighted by atomic mass is 9.72. The number of para-hydroxylation sites is 1. The fourth-order valence-corrected chi connectivity index (χ4v) is 6.27. The zero-order chi connectivity index (χ0) is 23.2. The van der Waals surface area contributed by atoms with Crippen LogP contribution in [-0.2, 0) is 17.6 Å². The van der Waals surface area contributed by atoms with Crippen LogP contribution in [0.5, 0.6) is 0 Å². The highest BCUT2D eigenvalue weighted by molar-refractivity contribution is 7.99. The lowest BCUT2D eigenvalue weighted by molar-refractivity contribution is -0.113. The number of hydrogen-bond acceptors (Lipinski definition) is 7. The Bertz CT molecular complexity index is 1410. The van der Waals surface area contributed by atoms with E-state index in [0.29, 0.717) is 27.3 Å². The van der Waals surface area contributed by atoms with Crippen LogP contribution in [0.1, 0.15) is 43.2 Å². The summed E-state index contributed by atoms with van der Waals surface area (Å²) in [5.41, 5.74) is 4.29. The molecule has 1 amide bonds. The Kier molecular flexibility index (Phi) is 5.59. The average Bonchev–Trinajstić information content (AvgIpc) is 3.33. The van der Waals surface area contributed by atoms with Gasteiger partial charge in [-0.2, -0.15) is 5.26 Å². The molecular formula is C24H24N6OS2. The number of aromatic nitrogens is 4. The molecule has 0 unspecified atom stereocenters. The van der Waals surface area contributed by atoms with Crippen molar-refractivity contribution in [1.82, 2.24) is 20.2 Å². The zero-order valence-corrected chi connectivity index (χ0v) is 20.4. The Balaban J connectivity index is 1.28. The Morgan fingerprint density at radius 1 is 1.33 bits per heavy atom. The van der Waals surface area contributed by atoms with Crippen molar-refractivity contribution in [1.29, 1.82) is 5.26 Å². The molecule has 0 fully saturated rings. The van der Waals surface area contributed by atoms with Gasteiger partial charge >= 0.3 is 0 Å². The van der Waals surface area contributed by atoms with Gasteiger partial charge in [0.2, 0.25) is 11.1 Å². The molecule has 0 spiro atoms. The van der Waals surface area contributed by atoms with E-state index in [1.165, 1.54) is 16.6 Å². The highest BCUT2D eigenvalue weighted by Crippen LogP contribution is 2.44. The summed E-state index contributed by atoms with van der Waals surface area (Å²) in [5, 5.41) is 23.2. The van der Waals surface area contributed by atoms with Crippen LogP contribution in [0, 0.1) is 22.7 Å². The summed E-state index contributed by atoms with van der Waals surface area (Å²) in [4.78, 5) is 21.7. The van der Waals surface area contributed by atoms with Crippen LogP contribution >= 0.6 is 23.1 Å². The van der Waals surface area contributed by atoms with Gasteiger partial charge in [-0.05, 0) is 42.2 Å². The van der Waals surface area contributed by atoms with Crippen molar-refractivity contribution in [2.75, 3.05) is 11.1 Å². The maximum atomic E-state index is 12.7. The molecule has 0 aliphatic heterocycles. The monoisotopic (exact) mass is 476 g/mol. The minimum Gasteiger partial charge on any atom is -0.338 e. The highest BCUT2D eigenvalue weighted by atomic mass is 32.2. The molecule has 0 bridgehead atoms. The fourth-order valence-electron chi connectivity index (χ4n) is 4.39. The maximum absolute atomic E-state index is 12.7. The van der Waals surface area contributed by atoms with E-state index in [9.17, 15) is 10.1 Å². The summed E-state index contributed by atoms with van der Waals surface area (Å²) < 4.78 is 0. The first-order valence-corrected chi connectivity index (χ1v) is 12.7. The van der Waals surface area contributed by atoms with Crippen molar-refractivity contribution >= 4 is 56.1 Å². The number of hydrogen-bond donors (Lipinski definition) is 2. The van der Waals surface area contributed by atoms with Gasteiger partial charge in [-0.1, -0.05) is 50.7 Å². The fraction of sp³-hybridized carbons (Fsp3) is 0.375. The standard InChI is InChI=1S/C24H24N6OS2/c1-24(2,3)13-8-9-14-16(11-25)22(33-18(14)10-13)27-19(31)12-32-23-28-21-20(29-30-23)15-6-4-5-7-17(15)26-21/h4-7,13H,8-10,12H2,1-3H3,(H,27,31)(H,26,28,30)/t13-/m1/s1. The number of benzene rings is 1. The van der Waals surface area contributed by atoms with Gasteiger partial charge in [0.1, 0.15) is 16.6 Å². The van der Waals surface area contributed by atoms with Crippen LogP contribution < -0.4 is 5.32 Å². The van der Waals surface area contributed by atoms with E-state index in [1.54, 1.807) is 11.3 Å². The molecule has 0 saturated carbocycles. The van der Waals surface area contributed by atoms with Crippen molar-refractivity contribution in [3.05, 3.63) is 40.3 Å². The molecule has 3 aromatic heterocycles. The minimum absolute atomic E-state index is 0.144. The van der Waals surface area contributed by atoms with E-state index < -0.39 is 0 Å². The van der Waals surface area contributed by atoms with E-state index in [4.69, 9.17) is 0 Å². The van der Waals surface area contributed by atoms with Crippen molar-refractivity contribution in [2.24, 2.45) is 11.3 Å². The summed E-state index contributed by atoms with van der Waals surface area (Å²) >= 11 is 2.78. The van der Waals surface area contributed by atoms with Crippen LogP contribution in [0.3, 0.4) is 0 Å². The number of rotatable bonds is 4. The predicted octanol–water partition coefficient (Wildman–Crippen LogP) is 5.32. The summed E-state index contributed by atoms with van der Waals surface area (Å²) in [6.45, 7) is 6.81. The minimum atomic E-state index is -0.178. The van der Waals surface area contributed by atoms with Crippen molar-refractivity contribution < 1.29 is 4.79 Å². The number of fused-ring (bicyclic) bond motifs is 4. The summed E-state index contributed by atoms with van der Waals surface area (Å²) in [7, 11) is 0. The van der Waals surface area contributed by atoms with Gasteiger partial charge < -0.3 is 10.3 Å². The third-order valence-corrected chi connectivity index (χ3v) is 8.30. The number of carbonyl (C=O) groups excluding carboxylic acids is 1. The largest absolute Gasteiger partial charge is 0.338 e. The molecular weight excluding hydrogens is 452 g/mol. The Morgan fingerprint density at radius 3 is 2.94 bits per heavy atom. The lowest BCUT2D eigenvalue weighted by Crippen LogP contribution is -2.26. The number of thiophene rings is 1. The smallest absolute Gasteiger partial charge is 0.235 e. The summed E-state index contributed by atoms with van der Waals surface area (Å²) in [6, 6.07) is 10.2. The molecule has 33 heavy (non-hydrogen) atoms. The van der Waals surface area contributed by atoms with Crippen molar-refractivity contribution in [3.8, 4) is 6.07 Å². The molecule has 0 saturated heterocycles. The summed E-state index contributed by atoms with van der Waals surface area (Å²) in [6.07, 6.45) is 2.93. The van der Waals surface area contributed by atoms with Crippen LogP contribution in [-0.4, -0.2) is 31.8 Å². The first-order chi connectivity index (χ1) is 15.8. The zero-order valence-electron chi connectivity index (χ0n) is 18.7. The van der Waals surface area contributed by atoms with Gasteiger partial charge in [-0.25, -0.2) is 4.98 Å². The van der Waals surface area contributed by atoms with Gasteiger partial charge in [-0.15, -0.1) is 21.5 Å². The van der Waals surface area contributed by atoms with Gasteiger partial charge in [0.05, 0.1) is 11.3 Å². The molecule has 2 N–H and O–H groups in total. The predicted molar refractivity (Wildman–Crippen MR) is 133 cm³/mol. The topological polar surface area (TPSA) is 107 Å². The number of anilines is 1. The molecule has 1 aromatic carbocycles. The molecule has 168 valence electrons. The first kappa shape index (κ1) is 21.9. The Hall–Kier alpha value is -2.96. The van der Waals surface area contributed by atoms with Crippen LogP contribution in [0.15, 0.2) is 29.4 Å². The number of amides is 1. The molecule has 1 atom stereocenters. The molecule has 1 aliphatic carbocycles. The van der Waals surface area contributed by atoms with Crippen molar-refractivity contribution in [2.45, 2.75) is 45.2 Å². The second-order valence-corrected chi connectivity index (χ2v) is 11.5. The van der Waals surface area contributed by atoms with Gasteiger partial charge in [-0.3, -0.25) is 4.79 Å². The van der Waals surface area contributed by atoms with Crippen LogP contribution in [0.2, 0.25) is 0 Å². The molecule has 5 rings (SSSR count). The molecule has 4 aromatic rings. The number of thioether (sulfide) groups is 1. The molecule has 1 aliphatic rings. The molecule has 7 nitrogen and oxygen atoms in total. The third kappa shape index (κ3) is 4.21. The number of nitrogens with one attached hydrogen (secondary N) is 2. The molecule has 3 heterocycles. The Labute approximate surface area is 200 Å². The van der Waals surface area contributed by atoms with Gasteiger partial charge in [0, 0.05) is 15.8 Å². The SMILES string of the molecule is CC(C)(C)[C@@H]1CCc2c(sc(NC(=O)CSc3nnc4c(n3)[nH]c3ccccc34)c2C#N)C1. The van der Waals surface area contributed by atoms with Crippen molar-refractivity contribution in [3.63, 3.8) is 0 Å². The number of carbonyl (C=O) groups is 1. The van der Waals surface area contributed by atoms with Crippen LogP contribution in [0.4, 0.5) is 5.00 Å². The van der Waals surface area contributed by atoms with E-state index in [1.807, 2.05) is 24.3 Å². The highest BCUT2D eigenvalue weighted by Gasteiger charge is 2.32. The number of nitriles is 1. The second kappa shape index (κ2) is 8.43. The van der Waals surface area contributed by atoms with Crippen LogP contribution in [0.25, 0.3) is 22.1 Å². The maximum Gasteiger partial charge on any atom is 0.235 e. The van der Waals surface area contributed by atoms with Gasteiger partial charge in [0.25, 0.3) is 0 Å². The number of aromatic amines is 1.